The average molecular weight is 382 g/mol. The van der Waals surface area contributed by atoms with E-state index in [9.17, 15) is 14.4 Å². The first kappa shape index (κ1) is 22.0. The van der Waals surface area contributed by atoms with Crippen LogP contribution in [0, 0.1) is 5.92 Å². The minimum atomic E-state index is -0.745. The molecule has 0 radical (unpaired) electrons. The van der Waals surface area contributed by atoms with Crippen LogP contribution in [0.2, 0.25) is 5.02 Å². The fourth-order valence-corrected chi connectivity index (χ4v) is 2.68. The third-order valence-electron chi connectivity index (χ3n) is 3.82. The molecule has 1 aromatic rings. The van der Waals surface area contributed by atoms with E-state index in [0.29, 0.717) is 17.1 Å². The summed E-state index contributed by atoms with van der Waals surface area (Å²) in [6.07, 6.45) is 0. The van der Waals surface area contributed by atoms with Gasteiger partial charge in [-0.05, 0) is 38.8 Å². The number of hydrogen-bond acceptors (Lipinski definition) is 3. The largest absolute Gasteiger partial charge is 0.352 e. The molecule has 0 fully saturated rings. The Hall–Kier alpha value is -2.08. The Morgan fingerprint density at radius 1 is 1.08 bits per heavy atom. The lowest BCUT2D eigenvalue weighted by atomic mass is 10.0. The molecular formula is C19H28ClN3O3. The van der Waals surface area contributed by atoms with Gasteiger partial charge >= 0.3 is 0 Å². The van der Waals surface area contributed by atoms with Crippen molar-refractivity contribution in [3.05, 3.63) is 34.9 Å². The summed E-state index contributed by atoms with van der Waals surface area (Å²) in [5.74, 6) is -1.07. The average Bonchev–Trinajstić information content (AvgIpc) is 2.56. The van der Waals surface area contributed by atoms with E-state index in [0.717, 1.165) is 0 Å². The molecule has 0 heterocycles. The standard InChI is InChI=1S/C19H28ClN3O3/c1-6-23(11-16(24)21-13(4)5)19(26)17(12(2)3)22-18(25)14-9-7-8-10-15(14)20/h7-10,12-13,17H,6,11H2,1-5H3,(H,21,24)(H,22,25). The van der Waals surface area contributed by atoms with Crippen molar-refractivity contribution in [2.24, 2.45) is 5.92 Å². The van der Waals surface area contributed by atoms with Crippen molar-refractivity contribution in [2.45, 2.75) is 46.7 Å². The van der Waals surface area contributed by atoms with Gasteiger partial charge in [-0.2, -0.15) is 0 Å². The van der Waals surface area contributed by atoms with E-state index in [4.69, 9.17) is 11.6 Å². The molecule has 3 amide bonds. The van der Waals surface area contributed by atoms with Crippen LogP contribution >= 0.6 is 11.6 Å². The number of amides is 3. The van der Waals surface area contributed by atoms with Crippen LogP contribution in [0.3, 0.4) is 0 Å². The number of hydrogen-bond donors (Lipinski definition) is 2. The molecule has 2 N–H and O–H groups in total. The van der Waals surface area contributed by atoms with Crippen molar-refractivity contribution < 1.29 is 14.4 Å². The van der Waals surface area contributed by atoms with Gasteiger partial charge in [0.15, 0.2) is 0 Å². The smallest absolute Gasteiger partial charge is 0.253 e. The summed E-state index contributed by atoms with van der Waals surface area (Å²) in [6.45, 7) is 9.53. The van der Waals surface area contributed by atoms with Gasteiger partial charge < -0.3 is 15.5 Å². The summed E-state index contributed by atoms with van der Waals surface area (Å²) in [5.41, 5.74) is 0.313. The Kier molecular flexibility index (Phi) is 8.58. The third kappa shape index (κ3) is 6.33. The zero-order valence-electron chi connectivity index (χ0n) is 16.0. The normalized spacial score (nSPS) is 12.0. The Morgan fingerprint density at radius 2 is 1.69 bits per heavy atom. The maximum atomic E-state index is 12.9. The van der Waals surface area contributed by atoms with E-state index < -0.39 is 11.9 Å². The number of nitrogens with one attached hydrogen (secondary N) is 2. The summed E-state index contributed by atoms with van der Waals surface area (Å²) in [4.78, 5) is 38.8. The van der Waals surface area contributed by atoms with Gasteiger partial charge in [-0.1, -0.05) is 37.6 Å². The summed E-state index contributed by atoms with van der Waals surface area (Å²) in [7, 11) is 0. The molecule has 0 aromatic heterocycles. The number of likely N-dealkylation sites (N-methyl/N-ethyl adjacent to an activating group) is 1. The molecule has 0 saturated carbocycles. The van der Waals surface area contributed by atoms with Gasteiger partial charge in [-0.25, -0.2) is 0 Å². The highest BCUT2D eigenvalue weighted by atomic mass is 35.5. The van der Waals surface area contributed by atoms with Crippen LogP contribution < -0.4 is 10.6 Å². The van der Waals surface area contributed by atoms with Gasteiger partial charge in [0.1, 0.15) is 6.04 Å². The number of benzene rings is 1. The van der Waals surface area contributed by atoms with Gasteiger partial charge in [0.2, 0.25) is 11.8 Å². The maximum Gasteiger partial charge on any atom is 0.253 e. The van der Waals surface area contributed by atoms with Gasteiger partial charge in [-0.15, -0.1) is 0 Å². The second-order valence-electron chi connectivity index (χ2n) is 6.75. The first-order chi connectivity index (χ1) is 12.2. The predicted octanol–water partition coefficient (Wildman–Crippen LogP) is 2.47. The van der Waals surface area contributed by atoms with Crippen LogP contribution in [0.1, 0.15) is 45.0 Å². The molecule has 0 spiro atoms. The van der Waals surface area contributed by atoms with Crippen LogP contribution in [0.5, 0.6) is 0 Å². The molecule has 1 rings (SSSR count). The molecule has 6 nitrogen and oxygen atoms in total. The summed E-state index contributed by atoms with van der Waals surface area (Å²) < 4.78 is 0. The van der Waals surface area contributed by atoms with Crippen molar-refractivity contribution >= 4 is 29.3 Å². The topological polar surface area (TPSA) is 78.5 Å². The first-order valence-corrected chi connectivity index (χ1v) is 9.18. The quantitative estimate of drug-likeness (QED) is 0.726. The predicted molar refractivity (Wildman–Crippen MR) is 103 cm³/mol. The molecule has 0 aliphatic rings. The fraction of sp³-hybridized carbons (Fsp3) is 0.526. The minimum absolute atomic E-state index is 0.00266. The number of nitrogens with zero attached hydrogens (tertiary/aromatic N) is 1. The summed E-state index contributed by atoms with van der Waals surface area (Å²) in [6, 6.07) is 5.92. The number of carbonyl (C=O) groups is 3. The molecule has 1 atom stereocenters. The van der Waals surface area contributed by atoms with Crippen molar-refractivity contribution in [3.63, 3.8) is 0 Å². The molecule has 1 unspecified atom stereocenters. The van der Waals surface area contributed by atoms with Crippen molar-refractivity contribution in [1.29, 1.82) is 0 Å². The molecule has 26 heavy (non-hydrogen) atoms. The highest BCUT2D eigenvalue weighted by molar-refractivity contribution is 6.33. The lowest BCUT2D eigenvalue weighted by Gasteiger charge is -2.29. The lowest BCUT2D eigenvalue weighted by Crippen LogP contribution is -2.53. The van der Waals surface area contributed by atoms with Crippen LogP contribution in [0.25, 0.3) is 0 Å². The number of halogens is 1. The van der Waals surface area contributed by atoms with Gasteiger partial charge in [0, 0.05) is 12.6 Å². The molecular weight excluding hydrogens is 354 g/mol. The van der Waals surface area contributed by atoms with Crippen molar-refractivity contribution in [3.8, 4) is 0 Å². The Balaban J connectivity index is 2.90. The molecule has 144 valence electrons. The van der Waals surface area contributed by atoms with Gasteiger partial charge in [-0.3, -0.25) is 14.4 Å². The second kappa shape index (κ2) is 10.2. The lowest BCUT2D eigenvalue weighted by molar-refractivity contribution is -0.138. The molecule has 0 aliphatic heterocycles. The summed E-state index contributed by atoms with van der Waals surface area (Å²) in [5, 5.41) is 5.85. The van der Waals surface area contributed by atoms with E-state index in [1.807, 2.05) is 27.7 Å². The highest BCUT2D eigenvalue weighted by Gasteiger charge is 2.29. The maximum absolute atomic E-state index is 12.9. The number of rotatable bonds is 8. The van der Waals surface area contributed by atoms with Gasteiger partial charge in [0.25, 0.3) is 5.91 Å². The summed E-state index contributed by atoms with van der Waals surface area (Å²) >= 11 is 6.06. The molecule has 0 aliphatic carbocycles. The minimum Gasteiger partial charge on any atom is -0.352 e. The SMILES string of the molecule is CCN(CC(=O)NC(C)C)C(=O)C(NC(=O)c1ccccc1Cl)C(C)C. The fourth-order valence-electron chi connectivity index (χ4n) is 2.46. The molecule has 1 aromatic carbocycles. The van der Waals surface area contributed by atoms with Gasteiger partial charge in [0.05, 0.1) is 17.1 Å². The van der Waals surface area contributed by atoms with Crippen LogP contribution in [0.4, 0.5) is 0 Å². The Labute approximate surface area is 160 Å². The highest BCUT2D eigenvalue weighted by Crippen LogP contribution is 2.16. The van der Waals surface area contributed by atoms with Crippen molar-refractivity contribution in [2.75, 3.05) is 13.1 Å². The van der Waals surface area contributed by atoms with E-state index in [-0.39, 0.29) is 30.3 Å². The molecule has 7 heteroatoms. The molecule has 0 bridgehead atoms. The van der Waals surface area contributed by atoms with Crippen LogP contribution in [-0.4, -0.2) is 47.8 Å². The number of carbonyl (C=O) groups excluding carboxylic acids is 3. The van der Waals surface area contributed by atoms with E-state index in [2.05, 4.69) is 10.6 Å². The van der Waals surface area contributed by atoms with Crippen molar-refractivity contribution in [1.82, 2.24) is 15.5 Å². The zero-order valence-corrected chi connectivity index (χ0v) is 16.8. The van der Waals surface area contributed by atoms with Crippen LogP contribution in [-0.2, 0) is 9.59 Å². The van der Waals surface area contributed by atoms with Crippen LogP contribution in [0.15, 0.2) is 24.3 Å². The van der Waals surface area contributed by atoms with E-state index in [1.165, 1.54) is 4.90 Å². The monoisotopic (exact) mass is 381 g/mol. The molecule has 0 saturated heterocycles. The Bertz CT molecular complexity index is 647. The third-order valence-corrected chi connectivity index (χ3v) is 4.14. The van der Waals surface area contributed by atoms with E-state index >= 15 is 0 Å². The first-order valence-electron chi connectivity index (χ1n) is 8.80. The second-order valence-corrected chi connectivity index (χ2v) is 7.16. The zero-order chi connectivity index (χ0) is 19.9. The Morgan fingerprint density at radius 3 is 2.19 bits per heavy atom. The van der Waals surface area contributed by atoms with E-state index in [1.54, 1.807) is 31.2 Å².